The fourth-order valence-electron chi connectivity index (χ4n) is 3.30. The van der Waals surface area contributed by atoms with Gasteiger partial charge in [0, 0.05) is 42.5 Å². The number of rotatable bonds is 8. The largest absolute Gasteiger partial charge is 0.379 e. The van der Waals surface area contributed by atoms with Gasteiger partial charge in [0.25, 0.3) is 0 Å². The molecule has 0 radical (unpaired) electrons. The van der Waals surface area contributed by atoms with Gasteiger partial charge >= 0.3 is 0 Å². The maximum atomic E-state index is 5.44. The Labute approximate surface area is 185 Å². The molecule has 3 aromatic rings. The van der Waals surface area contributed by atoms with Gasteiger partial charge in [-0.25, -0.2) is 9.97 Å². The standard InChI is InChI=1S/C21H26N6OS2/c1-16-14-17(2)23-20(22-16)30-15-19-24-25-21(27(19)18-6-4-3-5-7-18)29-13-10-26-8-11-28-12-9-26/h3-7,14H,8-13,15H2,1-2H3. The van der Waals surface area contributed by atoms with E-state index in [2.05, 4.69) is 41.8 Å². The van der Waals surface area contributed by atoms with Crippen molar-refractivity contribution in [2.75, 3.05) is 38.6 Å². The second kappa shape index (κ2) is 10.4. The van der Waals surface area contributed by atoms with E-state index in [1.54, 1.807) is 23.5 Å². The number of benzene rings is 1. The summed E-state index contributed by atoms with van der Waals surface area (Å²) in [6.45, 7) is 8.67. The lowest BCUT2D eigenvalue weighted by atomic mass is 10.3. The first-order chi connectivity index (χ1) is 14.7. The minimum absolute atomic E-state index is 0.662. The summed E-state index contributed by atoms with van der Waals surface area (Å²) in [7, 11) is 0. The number of hydrogen-bond acceptors (Lipinski definition) is 8. The van der Waals surface area contributed by atoms with Crippen LogP contribution in [0.2, 0.25) is 0 Å². The Morgan fingerprint density at radius 3 is 2.43 bits per heavy atom. The lowest BCUT2D eigenvalue weighted by molar-refractivity contribution is 0.0410. The zero-order chi connectivity index (χ0) is 20.8. The predicted octanol–water partition coefficient (Wildman–Crippen LogP) is 3.39. The second-order valence-corrected chi connectivity index (χ2v) is 9.10. The first kappa shape index (κ1) is 21.3. The van der Waals surface area contributed by atoms with Gasteiger partial charge in [-0.2, -0.15) is 0 Å². The lowest BCUT2D eigenvalue weighted by Crippen LogP contribution is -2.37. The van der Waals surface area contributed by atoms with E-state index in [-0.39, 0.29) is 0 Å². The van der Waals surface area contributed by atoms with Crippen molar-refractivity contribution in [1.29, 1.82) is 0 Å². The van der Waals surface area contributed by atoms with E-state index in [0.29, 0.717) is 5.75 Å². The summed E-state index contributed by atoms with van der Waals surface area (Å²) >= 11 is 3.34. The third-order valence-corrected chi connectivity index (χ3v) is 6.50. The molecule has 1 saturated heterocycles. The summed E-state index contributed by atoms with van der Waals surface area (Å²) in [6, 6.07) is 12.3. The molecule has 30 heavy (non-hydrogen) atoms. The molecule has 4 rings (SSSR count). The highest BCUT2D eigenvalue weighted by Gasteiger charge is 2.16. The Balaban J connectivity index is 1.48. The van der Waals surface area contributed by atoms with Gasteiger partial charge in [-0.05, 0) is 32.0 Å². The number of aromatic nitrogens is 5. The highest BCUT2D eigenvalue weighted by atomic mass is 32.2. The Hall–Kier alpha value is -1.94. The van der Waals surface area contributed by atoms with Gasteiger partial charge in [-0.15, -0.1) is 10.2 Å². The van der Waals surface area contributed by atoms with Crippen molar-refractivity contribution in [2.24, 2.45) is 0 Å². The molecule has 0 atom stereocenters. The average molecular weight is 443 g/mol. The van der Waals surface area contributed by atoms with Crippen LogP contribution in [-0.4, -0.2) is 68.2 Å². The third-order valence-electron chi connectivity index (χ3n) is 4.75. The van der Waals surface area contributed by atoms with Crippen LogP contribution in [0.25, 0.3) is 5.69 Å². The van der Waals surface area contributed by atoms with Gasteiger partial charge in [-0.1, -0.05) is 41.7 Å². The van der Waals surface area contributed by atoms with Crippen LogP contribution >= 0.6 is 23.5 Å². The highest BCUT2D eigenvalue weighted by molar-refractivity contribution is 7.99. The number of aryl methyl sites for hydroxylation is 2. The quantitative estimate of drug-likeness (QED) is 0.388. The minimum Gasteiger partial charge on any atom is -0.379 e. The molecular formula is C21H26N6OS2. The fourth-order valence-corrected chi connectivity index (χ4v) is 5.13. The van der Waals surface area contributed by atoms with Crippen LogP contribution in [0.5, 0.6) is 0 Å². The summed E-state index contributed by atoms with van der Waals surface area (Å²) < 4.78 is 7.59. The summed E-state index contributed by atoms with van der Waals surface area (Å²) in [5, 5.41) is 10.7. The fraction of sp³-hybridized carbons (Fsp3) is 0.429. The van der Waals surface area contributed by atoms with Gasteiger partial charge in [-0.3, -0.25) is 9.47 Å². The van der Waals surface area contributed by atoms with Crippen LogP contribution in [-0.2, 0) is 10.5 Å². The van der Waals surface area contributed by atoms with Crippen molar-refractivity contribution in [2.45, 2.75) is 29.9 Å². The normalized spacial score (nSPS) is 14.9. The Bertz CT molecular complexity index is 939. The average Bonchev–Trinajstić information content (AvgIpc) is 3.16. The van der Waals surface area contributed by atoms with Gasteiger partial charge in [0.05, 0.1) is 19.0 Å². The van der Waals surface area contributed by atoms with Crippen molar-refractivity contribution in [1.82, 2.24) is 29.6 Å². The van der Waals surface area contributed by atoms with Crippen LogP contribution in [0.4, 0.5) is 0 Å². The van der Waals surface area contributed by atoms with E-state index in [9.17, 15) is 0 Å². The molecule has 1 aromatic carbocycles. The van der Waals surface area contributed by atoms with Crippen molar-refractivity contribution in [3.05, 3.63) is 53.6 Å². The molecule has 1 fully saturated rings. The summed E-state index contributed by atoms with van der Waals surface area (Å²) in [5.41, 5.74) is 3.04. The molecule has 0 N–H and O–H groups in total. The molecule has 1 aliphatic heterocycles. The highest BCUT2D eigenvalue weighted by Crippen LogP contribution is 2.26. The molecule has 9 heteroatoms. The Kier molecular flexibility index (Phi) is 7.37. The molecule has 2 aromatic heterocycles. The number of thioether (sulfide) groups is 2. The maximum absolute atomic E-state index is 5.44. The SMILES string of the molecule is Cc1cc(C)nc(SCc2nnc(SCCN3CCOCC3)n2-c2ccccc2)n1. The molecule has 0 amide bonds. The number of hydrogen-bond donors (Lipinski definition) is 0. The minimum atomic E-state index is 0.662. The van der Waals surface area contributed by atoms with Crippen LogP contribution < -0.4 is 0 Å². The molecule has 0 unspecified atom stereocenters. The molecule has 1 aliphatic rings. The molecule has 7 nitrogen and oxygen atoms in total. The third kappa shape index (κ3) is 5.60. The zero-order valence-corrected chi connectivity index (χ0v) is 19.0. The van der Waals surface area contributed by atoms with E-state index in [1.165, 1.54) is 0 Å². The Morgan fingerprint density at radius 1 is 0.967 bits per heavy atom. The van der Waals surface area contributed by atoms with Crippen LogP contribution in [0.1, 0.15) is 17.2 Å². The molecule has 158 valence electrons. The number of morpholine rings is 1. The number of para-hydroxylation sites is 1. The monoisotopic (exact) mass is 442 g/mol. The van der Waals surface area contributed by atoms with Gasteiger partial charge < -0.3 is 4.74 Å². The molecule has 0 aliphatic carbocycles. The van der Waals surface area contributed by atoms with E-state index in [4.69, 9.17) is 4.74 Å². The molecule has 0 bridgehead atoms. The van der Waals surface area contributed by atoms with Gasteiger partial charge in [0.15, 0.2) is 10.3 Å². The number of ether oxygens (including phenoxy) is 1. The first-order valence-corrected chi connectivity index (χ1v) is 12.0. The summed E-state index contributed by atoms with van der Waals surface area (Å²) in [5.74, 6) is 2.54. The molecular weight excluding hydrogens is 416 g/mol. The van der Waals surface area contributed by atoms with E-state index < -0.39 is 0 Å². The smallest absolute Gasteiger partial charge is 0.195 e. The first-order valence-electron chi connectivity index (χ1n) is 10.1. The lowest BCUT2D eigenvalue weighted by Gasteiger charge is -2.26. The molecule has 0 spiro atoms. The zero-order valence-electron chi connectivity index (χ0n) is 17.3. The van der Waals surface area contributed by atoms with Crippen LogP contribution in [0.3, 0.4) is 0 Å². The van der Waals surface area contributed by atoms with E-state index in [1.807, 2.05) is 38.1 Å². The van der Waals surface area contributed by atoms with Crippen LogP contribution in [0, 0.1) is 13.8 Å². The van der Waals surface area contributed by atoms with E-state index >= 15 is 0 Å². The predicted molar refractivity (Wildman–Crippen MR) is 120 cm³/mol. The van der Waals surface area contributed by atoms with Crippen molar-refractivity contribution >= 4 is 23.5 Å². The number of nitrogens with zero attached hydrogens (tertiary/aromatic N) is 6. The second-order valence-electron chi connectivity index (χ2n) is 7.09. The van der Waals surface area contributed by atoms with Crippen molar-refractivity contribution in [3.8, 4) is 5.69 Å². The topological polar surface area (TPSA) is 69.0 Å². The van der Waals surface area contributed by atoms with Gasteiger partial charge in [0.1, 0.15) is 5.82 Å². The van der Waals surface area contributed by atoms with Crippen molar-refractivity contribution in [3.63, 3.8) is 0 Å². The van der Waals surface area contributed by atoms with Crippen LogP contribution in [0.15, 0.2) is 46.7 Å². The summed E-state index contributed by atoms with van der Waals surface area (Å²) in [6.07, 6.45) is 0. The van der Waals surface area contributed by atoms with Gasteiger partial charge in [0.2, 0.25) is 0 Å². The Morgan fingerprint density at radius 2 is 1.70 bits per heavy atom. The maximum Gasteiger partial charge on any atom is 0.195 e. The van der Waals surface area contributed by atoms with E-state index in [0.717, 1.165) is 71.8 Å². The van der Waals surface area contributed by atoms with Crippen molar-refractivity contribution < 1.29 is 4.74 Å². The molecule has 3 heterocycles. The molecule has 0 saturated carbocycles. The summed E-state index contributed by atoms with van der Waals surface area (Å²) in [4.78, 5) is 11.5.